The highest BCUT2D eigenvalue weighted by Gasteiger charge is 2.26. The van der Waals surface area contributed by atoms with Crippen LogP contribution < -0.4 is 10.2 Å². The van der Waals surface area contributed by atoms with Crippen molar-refractivity contribution in [3.63, 3.8) is 0 Å². The highest BCUT2D eigenvalue weighted by molar-refractivity contribution is 7.90. The molecule has 4 rings (SSSR count). The van der Waals surface area contributed by atoms with Crippen molar-refractivity contribution in [2.75, 3.05) is 23.0 Å². The molecule has 0 unspecified atom stereocenters. The number of nitrogens with zero attached hydrogens (tertiary/aromatic N) is 1. The molecule has 0 atom stereocenters. The van der Waals surface area contributed by atoms with Crippen LogP contribution >= 0.6 is 11.6 Å². The molecular weight excluding hydrogens is 444 g/mol. The molecule has 1 heterocycles. The highest BCUT2D eigenvalue weighted by atomic mass is 35.5. The number of sulfone groups is 1. The van der Waals surface area contributed by atoms with Crippen molar-refractivity contribution in [2.24, 2.45) is 0 Å². The quantitative estimate of drug-likeness (QED) is 0.499. The predicted molar refractivity (Wildman–Crippen MR) is 131 cm³/mol. The smallest absolute Gasteiger partial charge is 0.308 e. The lowest BCUT2D eigenvalue weighted by atomic mass is 9.94. The third kappa shape index (κ3) is 4.38. The largest absolute Gasteiger partial charge is 0.326 e. The Morgan fingerprint density at radius 1 is 1.06 bits per heavy atom. The Hall–Kier alpha value is -2.83. The highest BCUT2D eigenvalue weighted by Crippen LogP contribution is 2.33. The lowest BCUT2D eigenvalue weighted by Gasteiger charge is -2.20. The van der Waals surface area contributed by atoms with Gasteiger partial charge in [-0.3, -0.25) is 4.90 Å². The molecule has 1 aliphatic rings. The Morgan fingerprint density at radius 3 is 2.44 bits per heavy atom. The molecule has 3 aromatic rings. The van der Waals surface area contributed by atoms with E-state index in [0.717, 1.165) is 44.8 Å². The number of halogens is 1. The number of anilines is 2. The maximum atomic E-state index is 13.0. The third-order valence-corrected chi connectivity index (χ3v) is 7.19. The summed E-state index contributed by atoms with van der Waals surface area (Å²) in [6.45, 7) is 4.57. The van der Waals surface area contributed by atoms with Crippen LogP contribution in [0.4, 0.5) is 16.2 Å². The molecular formula is C25H25ClN2O3S. The van der Waals surface area contributed by atoms with Gasteiger partial charge in [-0.15, -0.1) is 11.6 Å². The second kappa shape index (κ2) is 8.60. The first-order valence-corrected chi connectivity index (χ1v) is 12.8. The number of aryl methyl sites for hydroxylation is 2. The fourth-order valence-corrected chi connectivity index (χ4v) is 5.15. The monoisotopic (exact) mass is 468 g/mol. The van der Waals surface area contributed by atoms with Crippen molar-refractivity contribution in [1.29, 1.82) is 0 Å². The summed E-state index contributed by atoms with van der Waals surface area (Å²) >= 11 is 6.00. The van der Waals surface area contributed by atoms with E-state index in [0.29, 0.717) is 18.8 Å². The van der Waals surface area contributed by atoms with Gasteiger partial charge >= 0.3 is 6.03 Å². The van der Waals surface area contributed by atoms with Crippen LogP contribution in [0.2, 0.25) is 0 Å². The van der Waals surface area contributed by atoms with E-state index < -0.39 is 9.84 Å². The molecule has 5 nitrogen and oxygen atoms in total. The summed E-state index contributed by atoms with van der Waals surface area (Å²) in [6, 6.07) is 16.8. The summed E-state index contributed by atoms with van der Waals surface area (Å²) in [5.41, 5.74) is 7.76. The first kappa shape index (κ1) is 22.4. The summed E-state index contributed by atoms with van der Waals surface area (Å²) in [5, 5.41) is 3.00. The van der Waals surface area contributed by atoms with E-state index in [9.17, 15) is 13.2 Å². The van der Waals surface area contributed by atoms with E-state index in [-0.39, 0.29) is 10.9 Å². The van der Waals surface area contributed by atoms with Crippen molar-refractivity contribution < 1.29 is 13.2 Å². The Morgan fingerprint density at radius 2 is 1.78 bits per heavy atom. The first-order chi connectivity index (χ1) is 15.2. The molecule has 166 valence electrons. The molecule has 0 spiro atoms. The second-order valence-corrected chi connectivity index (χ2v) is 10.5. The van der Waals surface area contributed by atoms with Gasteiger partial charge in [0.2, 0.25) is 0 Å². The molecule has 0 saturated heterocycles. The summed E-state index contributed by atoms with van der Waals surface area (Å²) < 4.78 is 23.6. The van der Waals surface area contributed by atoms with Gasteiger partial charge in [0.25, 0.3) is 0 Å². The average Bonchev–Trinajstić information content (AvgIpc) is 3.16. The third-order valence-electron chi connectivity index (χ3n) is 5.77. The number of hydrogen-bond donors (Lipinski definition) is 1. The van der Waals surface area contributed by atoms with Gasteiger partial charge in [0.05, 0.1) is 4.90 Å². The first-order valence-electron chi connectivity index (χ1n) is 10.4. The number of rotatable bonds is 4. The van der Waals surface area contributed by atoms with E-state index in [1.807, 2.05) is 38.1 Å². The van der Waals surface area contributed by atoms with Gasteiger partial charge in [-0.25, -0.2) is 13.2 Å². The summed E-state index contributed by atoms with van der Waals surface area (Å²) in [6.07, 6.45) is 1.81. The van der Waals surface area contributed by atoms with Gasteiger partial charge in [0, 0.05) is 30.1 Å². The summed E-state index contributed by atoms with van der Waals surface area (Å²) in [5.74, 6) is 0.461. The van der Waals surface area contributed by atoms with E-state index in [1.165, 1.54) is 6.26 Å². The van der Waals surface area contributed by atoms with E-state index >= 15 is 0 Å². The average molecular weight is 469 g/mol. The molecule has 0 saturated carbocycles. The van der Waals surface area contributed by atoms with E-state index in [1.54, 1.807) is 23.1 Å². The summed E-state index contributed by atoms with van der Waals surface area (Å²) in [7, 11) is -3.28. The number of carbonyl (C=O) groups excluding carboxylic acids is 1. The minimum Gasteiger partial charge on any atom is -0.308 e. The maximum Gasteiger partial charge on any atom is 0.326 e. The van der Waals surface area contributed by atoms with Crippen LogP contribution in [0.25, 0.3) is 11.1 Å². The number of hydrogen-bond acceptors (Lipinski definition) is 3. The molecule has 1 aliphatic heterocycles. The topological polar surface area (TPSA) is 66.5 Å². The Balaban J connectivity index is 1.58. The number of amides is 2. The Bertz CT molecular complexity index is 1300. The van der Waals surface area contributed by atoms with Crippen LogP contribution in [0.5, 0.6) is 0 Å². The minimum absolute atomic E-state index is 0.230. The zero-order valence-electron chi connectivity index (χ0n) is 18.3. The number of urea groups is 1. The molecule has 3 aromatic carbocycles. The standard InChI is InChI=1S/C25H25ClN2O3S/c1-16-11-21(12-17(2)24(16)20-6-4-5-18(13-20)15-26)27-25(29)28-10-9-19-14-22(32(3,30)31)7-8-23(19)28/h4-8,11-14H,9-10,15H2,1-3H3,(H,27,29). The summed E-state index contributed by atoms with van der Waals surface area (Å²) in [4.78, 5) is 14.9. The predicted octanol–water partition coefficient (Wildman–Crippen LogP) is 5.71. The lowest BCUT2D eigenvalue weighted by molar-refractivity contribution is 0.257. The molecule has 0 aromatic heterocycles. The number of fused-ring (bicyclic) bond motifs is 1. The molecule has 0 aliphatic carbocycles. The molecule has 0 radical (unpaired) electrons. The normalized spacial score (nSPS) is 13.2. The van der Waals surface area contributed by atoms with Crippen molar-refractivity contribution in [3.05, 3.63) is 76.9 Å². The number of alkyl halides is 1. The van der Waals surface area contributed by atoms with Crippen LogP contribution in [0.1, 0.15) is 22.3 Å². The van der Waals surface area contributed by atoms with Crippen LogP contribution in [0.3, 0.4) is 0 Å². The lowest BCUT2D eigenvalue weighted by Crippen LogP contribution is -2.33. The molecule has 0 fully saturated rings. The maximum absolute atomic E-state index is 13.0. The van der Waals surface area contributed by atoms with Gasteiger partial charge in [-0.1, -0.05) is 18.2 Å². The number of nitrogens with one attached hydrogen (secondary N) is 1. The Kier molecular flexibility index (Phi) is 6.01. The van der Waals surface area contributed by atoms with Crippen molar-refractivity contribution in [3.8, 4) is 11.1 Å². The molecule has 7 heteroatoms. The van der Waals surface area contributed by atoms with Crippen LogP contribution in [-0.2, 0) is 22.1 Å². The SMILES string of the molecule is Cc1cc(NC(=O)N2CCc3cc(S(C)(=O)=O)ccc32)cc(C)c1-c1cccc(CCl)c1. The van der Waals surface area contributed by atoms with Crippen LogP contribution in [0.15, 0.2) is 59.5 Å². The van der Waals surface area contributed by atoms with Crippen molar-refractivity contribution in [2.45, 2.75) is 31.0 Å². The van der Waals surface area contributed by atoms with Crippen LogP contribution in [-0.4, -0.2) is 27.2 Å². The zero-order chi connectivity index (χ0) is 23.0. The van der Waals surface area contributed by atoms with Crippen molar-refractivity contribution >= 4 is 38.8 Å². The van der Waals surface area contributed by atoms with Crippen LogP contribution in [0, 0.1) is 13.8 Å². The fourth-order valence-electron chi connectivity index (χ4n) is 4.31. The van der Waals surface area contributed by atoms with Crippen molar-refractivity contribution in [1.82, 2.24) is 0 Å². The molecule has 2 amide bonds. The minimum atomic E-state index is -3.28. The second-order valence-electron chi connectivity index (χ2n) is 8.21. The Labute approximate surface area is 193 Å². The van der Waals surface area contributed by atoms with E-state index in [4.69, 9.17) is 11.6 Å². The van der Waals surface area contributed by atoms with Gasteiger partial charge < -0.3 is 5.32 Å². The van der Waals surface area contributed by atoms with Gasteiger partial charge in [-0.05, 0) is 90.0 Å². The van der Waals surface area contributed by atoms with Gasteiger partial charge in [0.15, 0.2) is 9.84 Å². The van der Waals surface area contributed by atoms with Gasteiger partial charge in [-0.2, -0.15) is 0 Å². The van der Waals surface area contributed by atoms with Gasteiger partial charge in [0.1, 0.15) is 0 Å². The molecule has 32 heavy (non-hydrogen) atoms. The number of benzene rings is 3. The number of carbonyl (C=O) groups is 1. The molecule has 1 N–H and O–H groups in total. The van der Waals surface area contributed by atoms with E-state index in [2.05, 4.69) is 17.4 Å². The fraction of sp³-hybridized carbons (Fsp3) is 0.240. The zero-order valence-corrected chi connectivity index (χ0v) is 19.8. The molecule has 0 bridgehead atoms.